The zero-order chi connectivity index (χ0) is 19.4. The third-order valence-corrected chi connectivity index (χ3v) is 5.27. The maximum absolute atomic E-state index is 5.66. The maximum Gasteiger partial charge on any atom is 0.216 e. The third kappa shape index (κ3) is 5.18. The lowest BCUT2D eigenvalue weighted by atomic mass is 10.1. The van der Waals surface area contributed by atoms with E-state index in [0.29, 0.717) is 12.4 Å². The fourth-order valence-corrected chi connectivity index (χ4v) is 3.41. The molecule has 1 aromatic carbocycles. The molecule has 0 radical (unpaired) electrons. The van der Waals surface area contributed by atoms with Gasteiger partial charge in [-0.3, -0.25) is 0 Å². The molecule has 0 unspecified atom stereocenters. The van der Waals surface area contributed by atoms with Crippen molar-refractivity contribution in [3.8, 4) is 0 Å². The second-order valence-corrected chi connectivity index (χ2v) is 7.11. The number of aliphatic imine (C=N–C) groups is 1. The summed E-state index contributed by atoms with van der Waals surface area (Å²) >= 11 is 0. The normalized spacial score (nSPS) is 14.8. The van der Waals surface area contributed by atoms with E-state index in [4.69, 9.17) is 9.41 Å². The molecule has 3 rings (SSSR count). The standard InChI is InChI=1S/C21H31N5O.HI/c1-6-22-21(23-14-20-24-17(4)18(5)27-20)26-12-10-25(11-13-26)19-9-7-8-15(2)16(19)3;/h7-9H,6,10-14H2,1-5H3,(H,22,23);1H. The Morgan fingerprint density at radius 3 is 2.46 bits per heavy atom. The van der Waals surface area contributed by atoms with Crippen LogP contribution in [0.15, 0.2) is 27.6 Å². The van der Waals surface area contributed by atoms with E-state index in [1.165, 1.54) is 16.8 Å². The van der Waals surface area contributed by atoms with E-state index in [2.05, 4.69) is 59.1 Å². The largest absolute Gasteiger partial charge is 0.444 e. The molecule has 28 heavy (non-hydrogen) atoms. The van der Waals surface area contributed by atoms with Gasteiger partial charge in [0.25, 0.3) is 0 Å². The first-order valence-electron chi connectivity index (χ1n) is 9.77. The molecule has 0 aliphatic carbocycles. The number of benzene rings is 1. The second kappa shape index (κ2) is 10.1. The lowest BCUT2D eigenvalue weighted by Gasteiger charge is -2.38. The Labute approximate surface area is 185 Å². The summed E-state index contributed by atoms with van der Waals surface area (Å²) < 4.78 is 5.66. The molecule has 2 heterocycles. The summed E-state index contributed by atoms with van der Waals surface area (Å²) in [5.74, 6) is 2.48. The highest BCUT2D eigenvalue weighted by Crippen LogP contribution is 2.23. The Morgan fingerprint density at radius 2 is 1.86 bits per heavy atom. The van der Waals surface area contributed by atoms with Gasteiger partial charge in [-0.15, -0.1) is 24.0 Å². The number of anilines is 1. The van der Waals surface area contributed by atoms with Crippen molar-refractivity contribution < 1.29 is 4.42 Å². The molecule has 1 saturated heterocycles. The van der Waals surface area contributed by atoms with Crippen LogP contribution in [0.5, 0.6) is 0 Å². The van der Waals surface area contributed by atoms with Crippen LogP contribution in [0.3, 0.4) is 0 Å². The minimum absolute atomic E-state index is 0. The smallest absolute Gasteiger partial charge is 0.216 e. The molecule has 0 saturated carbocycles. The van der Waals surface area contributed by atoms with Crippen LogP contribution in [0.25, 0.3) is 0 Å². The van der Waals surface area contributed by atoms with Crippen LogP contribution in [0, 0.1) is 27.7 Å². The molecule has 1 aliphatic rings. The molecule has 0 spiro atoms. The number of nitrogens with zero attached hydrogens (tertiary/aromatic N) is 4. The van der Waals surface area contributed by atoms with Crippen LogP contribution in [0.1, 0.15) is 35.4 Å². The van der Waals surface area contributed by atoms with Crippen molar-refractivity contribution in [2.24, 2.45) is 4.99 Å². The molecule has 2 aromatic rings. The van der Waals surface area contributed by atoms with Crippen LogP contribution in [0.2, 0.25) is 0 Å². The lowest BCUT2D eigenvalue weighted by Crippen LogP contribution is -2.52. The average molecular weight is 497 g/mol. The molecule has 1 aromatic heterocycles. The van der Waals surface area contributed by atoms with Gasteiger partial charge in [-0.2, -0.15) is 0 Å². The minimum Gasteiger partial charge on any atom is -0.444 e. The minimum atomic E-state index is 0. The van der Waals surface area contributed by atoms with Gasteiger partial charge in [0.15, 0.2) is 5.96 Å². The SMILES string of the molecule is CCNC(=NCc1nc(C)c(C)o1)N1CCN(c2cccc(C)c2C)CC1.I. The van der Waals surface area contributed by atoms with Gasteiger partial charge < -0.3 is 19.5 Å². The summed E-state index contributed by atoms with van der Waals surface area (Å²) in [6, 6.07) is 6.55. The number of oxazole rings is 1. The number of aromatic nitrogens is 1. The Balaban J connectivity index is 0.00000280. The number of halogens is 1. The van der Waals surface area contributed by atoms with Gasteiger partial charge in [0.1, 0.15) is 12.3 Å². The summed E-state index contributed by atoms with van der Waals surface area (Å²) in [6.07, 6.45) is 0. The lowest BCUT2D eigenvalue weighted by molar-refractivity contribution is 0.371. The van der Waals surface area contributed by atoms with Crippen LogP contribution in [-0.4, -0.2) is 48.6 Å². The first kappa shape index (κ1) is 22.5. The first-order valence-corrected chi connectivity index (χ1v) is 9.77. The highest BCUT2D eigenvalue weighted by Gasteiger charge is 2.21. The van der Waals surface area contributed by atoms with E-state index >= 15 is 0 Å². The van der Waals surface area contributed by atoms with Crippen molar-refractivity contribution in [1.29, 1.82) is 0 Å². The molecule has 6 nitrogen and oxygen atoms in total. The fourth-order valence-electron chi connectivity index (χ4n) is 3.41. The van der Waals surface area contributed by atoms with Crippen molar-refractivity contribution in [2.75, 3.05) is 37.6 Å². The fraction of sp³-hybridized carbons (Fsp3) is 0.524. The number of piperazine rings is 1. The number of hydrogen-bond donors (Lipinski definition) is 1. The van der Waals surface area contributed by atoms with Gasteiger partial charge in [0.05, 0.1) is 5.69 Å². The second-order valence-electron chi connectivity index (χ2n) is 7.11. The van der Waals surface area contributed by atoms with Crippen LogP contribution in [-0.2, 0) is 6.54 Å². The van der Waals surface area contributed by atoms with Crippen molar-refractivity contribution >= 4 is 35.6 Å². The maximum atomic E-state index is 5.66. The molecule has 7 heteroatoms. The average Bonchev–Trinajstić information content (AvgIpc) is 2.99. The molecular weight excluding hydrogens is 465 g/mol. The van der Waals surface area contributed by atoms with E-state index in [0.717, 1.165) is 50.1 Å². The van der Waals surface area contributed by atoms with Crippen LogP contribution in [0.4, 0.5) is 5.69 Å². The van der Waals surface area contributed by atoms with Crippen molar-refractivity contribution in [1.82, 2.24) is 15.2 Å². The summed E-state index contributed by atoms with van der Waals surface area (Å²) in [5, 5.41) is 3.41. The van der Waals surface area contributed by atoms with Gasteiger partial charge in [-0.05, 0) is 51.8 Å². The zero-order valence-electron chi connectivity index (χ0n) is 17.6. The monoisotopic (exact) mass is 497 g/mol. The Hall–Kier alpha value is -1.77. The van der Waals surface area contributed by atoms with Crippen molar-refractivity contribution in [2.45, 2.75) is 41.2 Å². The Kier molecular flexibility index (Phi) is 8.15. The number of aryl methyl sites for hydroxylation is 3. The summed E-state index contributed by atoms with van der Waals surface area (Å²) in [7, 11) is 0. The predicted molar refractivity (Wildman–Crippen MR) is 126 cm³/mol. The molecular formula is C21H32IN5O. The highest BCUT2D eigenvalue weighted by molar-refractivity contribution is 14.0. The van der Waals surface area contributed by atoms with Crippen LogP contribution < -0.4 is 10.2 Å². The molecule has 0 bridgehead atoms. The van der Waals surface area contributed by atoms with Gasteiger partial charge >= 0.3 is 0 Å². The van der Waals surface area contributed by atoms with Gasteiger partial charge in [-0.25, -0.2) is 9.98 Å². The van der Waals surface area contributed by atoms with Crippen molar-refractivity contribution in [3.63, 3.8) is 0 Å². The first-order chi connectivity index (χ1) is 13.0. The topological polar surface area (TPSA) is 56.9 Å². The van der Waals surface area contributed by atoms with Crippen molar-refractivity contribution in [3.05, 3.63) is 46.7 Å². The van der Waals surface area contributed by atoms with E-state index < -0.39 is 0 Å². The van der Waals surface area contributed by atoms with Gasteiger partial charge in [0, 0.05) is 38.4 Å². The molecule has 0 amide bonds. The van der Waals surface area contributed by atoms with Gasteiger partial charge in [-0.1, -0.05) is 12.1 Å². The number of hydrogen-bond acceptors (Lipinski definition) is 4. The number of nitrogens with one attached hydrogen (secondary N) is 1. The van der Waals surface area contributed by atoms with Crippen LogP contribution >= 0.6 is 24.0 Å². The molecule has 1 fully saturated rings. The van der Waals surface area contributed by atoms with E-state index in [-0.39, 0.29) is 24.0 Å². The molecule has 0 atom stereocenters. The molecule has 1 aliphatic heterocycles. The highest BCUT2D eigenvalue weighted by atomic mass is 127. The number of guanidine groups is 1. The van der Waals surface area contributed by atoms with E-state index in [1.807, 2.05) is 13.8 Å². The Morgan fingerprint density at radius 1 is 1.14 bits per heavy atom. The number of rotatable bonds is 4. The van der Waals surface area contributed by atoms with Gasteiger partial charge in [0.2, 0.25) is 5.89 Å². The quantitative estimate of drug-likeness (QED) is 0.396. The summed E-state index contributed by atoms with van der Waals surface area (Å²) in [4.78, 5) is 14.0. The van der Waals surface area contributed by atoms with E-state index in [1.54, 1.807) is 0 Å². The third-order valence-electron chi connectivity index (χ3n) is 5.27. The molecule has 154 valence electrons. The summed E-state index contributed by atoms with van der Waals surface area (Å²) in [5.41, 5.74) is 5.01. The Bertz CT molecular complexity index is 790. The predicted octanol–water partition coefficient (Wildman–Crippen LogP) is 3.81. The zero-order valence-corrected chi connectivity index (χ0v) is 19.9. The van der Waals surface area contributed by atoms with E-state index in [9.17, 15) is 0 Å². The summed E-state index contributed by atoms with van der Waals surface area (Å²) in [6.45, 7) is 15.6. The molecule has 1 N–H and O–H groups in total.